The molecule has 0 unspecified atom stereocenters. The lowest BCUT2D eigenvalue weighted by Crippen LogP contribution is -2.15. The van der Waals surface area contributed by atoms with Crippen molar-refractivity contribution >= 4 is 11.3 Å². The second kappa shape index (κ2) is 6.51. The number of benzene rings is 1. The van der Waals surface area contributed by atoms with Gasteiger partial charge < -0.3 is 5.32 Å². The van der Waals surface area contributed by atoms with Crippen LogP contribution in [0.15, 0.2) is 29.6 Å². The molecule has 0 amide bonds. The highest BCUT2D eigenvalue weighted by Crippen LogP contribution is 2.27. The summed E-state index contributed by atoms with van der Waals surface area (Å²) in [5.41, 5.74) is 3.88. The highest BCUT2D eigenvalue weighted by molar-refractivity contribution is 7.09. The van der Waals surface area contributed by atoms with Gasteiger partial charge in [0.1, 0.15) is 0 Å². The zero-order valence-corrected chi connectivity index (χ0v) is 13.7. The lowest BCUT2D eigenvalue weighted by molar-refractivity contribution is 0.590. The van der Waals surface area contributed by atoms with Gasteiger partial charge in [0.25, 0.3) is 0 Å². The minimum atomic E-state index is 0.206. The van der Waals surface area contributed by atoms with Crippen molar-refractivity contribution < 1.29 is 0 Å². The molecule has 2 rings (SSSR count). The van der Waals surface area contributed by atoms with Crippen molar-refractivity contribution in [2.75, 3.05) is 13.1 Å². The number of likely N-dealkylation sites (N-methyl/N-ethyl adjacent to an activating group) is 1. The minimum Gasteiger partial charge on any atom is -0.317 e. The SMILES string of the molecule is CCNCCc1nc(-c2ccc(C(C)(C)C)cc2)cs1. The molecular formula is C17H24N2S. The Kier molecular flexibility index (Phi) is 4.95. The Hall–Kier alpha value is -1.19. The third-order valence-corrected chi connectivity index (χ3v) is 4.27. The fourth-order valence-electron chi connectivity index (χ4n) is 2.07. The van der Waals surface area contributed by atoms with Crippen molar-refractivity contribution in [3.63, 3.8) is 0 Å². The summed E-state index contributed by atoms with van der Waals surface area (Å²) in [6.07, 6.45) is 1.01. The van der Waals surface area contributed by atoms with Gasteiger partial charge in [0, 0.05) is 23.9 Å². The molecule has 108 valence electrons. The molecule has 1 N–H and O–H groups in total. The fourth-order valence-corrected chi connectivity index (χ4v) is 2.88. The largest absolute Gasteiger partial charge is 0.317 e. The Morgan fingerprint density at radius 2 is 1.85 bits per heavy atom. The summed E-state index contributed by atoms with van der Waals surface area (Å²) in [6, 6.07) is 8.80. The molecule has 20 heavy (non-hydrogen) atoms. The molecule has 0 aliphatic carbocycles. The van der Waals surface area contributed by atoms with Crippen LogP contribution in [0.2, 0.25) is 0 Å². The number of aromatic nitrogens is 1. The molecule has 0 bridgehead atoms. The van der Waals surface area contributed by atoms with Gasteiger partial charge in [0.05, 0.1) is 10.7 Å². The molecular weight excluding hydrogens is 264 g/mol. The van der Waals surface area contributed by atoms with E-state index >= 15 is 0 Å². The second-order valence-corrected chi connectivity index (χ2v) is 7.00. The molecule has 0 radical (unpaired) electrons. The van der Waals surface area contributed by atoms with Gasteiger partial charge in [0.2, 0.25) is 0 Å². The quantitative estimate of drug-likeness (QED) is 0.832. The van der Waals surface area contributed by atoms with Crippen LogP contribution in [0, 0.1) is 0 Å². The van der Waals surface area contributed by atoms with Gasteiger partial charge in [-0.3, -0.25) is 0 Å². The van der Waals surface area contributed by atoms with E-state index in [4.69, 9.17) is 4.98 Å². The number of thiazole rings is 1. The van der Waals surface area contributed by atoms with Crippen molar-refractivity contribution in [2.24, 2.45) is 0 Å². The highest BCUT2D eigenvalue weighted by Gasteiger charge is 2.13. The summed E-state index contributed by atoms with van der Waals surface area (Å²) < 4.78 is 0. The third kappa shape index (κ3) is 3.90. The number of nitrogens with one attached hydrogen (secondary N) is 1. The Labute approximate surface area is 126 Å². The highest BCUT2D eigenvalue weighted by atomic mass is 32.1. The van der Waals surface area contributed by atoms with Crippen LogP contribution in [0.3, 0.4) is 0 Å². The van der Waals surface area contributed by atoms with Crippen molar-refractivity contribution in [1.29, 1.82) is 0 Å². The first-order chi connectivity index (χ1) is 9.50. The predicted octanol–water partition coefficient (Wildman–Crippen LogP) is 4.26. The molecule has 0 fully saturated rings. The van der Waals surface area contributed by atoms with Crippen molar-refractivity contribution in [2.45, 2.75) is 39.5 Å². The van der Waals surface area contributed by atoms with Crippen LogP contribution in [-0.2, 0) is 11.8 Å². The molecule has 3 heteroatoms. The smallest absolute Gasteiger partial charge is 0.0945 e. The topological polar surface area (TPSA) is 24.9 Å². The molecule has 0 spiro atoms. The predicted molar refractivity (Wildman–Crippen MR) is 88.5 cm³/mol. The van der Waals surface area contributed by atoms with Gasteiger partial charge in [0.15, 0.2) is 0 Å². The maximum atomic E-state index is 4.72. The Morgan fingerprint density at radius 1 is 1.15 bits per heavy atom. The Bertz CT molecular complexity index is 535. The lowest BCUT2D eigenvalue weighted by atomic mass is 9.86. The number of rotatable bonds is 5. The summed E-state index contributed by atoms with van der Waals surface area (Å²) in [6.45, 7) is 10.9. The lowest BCUT2D eigenvalue weighted by Gasteiger charge is -2.18. The van der Waals surface area contributed by atoms with Crippen LogP contribution < -0.4 is 5.32 Å². The van der Waals surface area contributed by atoms with Gasteiger partial charge in [-0.2, -0.15) is 0 Å². The summed E-state index contributed by atoms with van der Waals surface area (Å²) in [5, 5.41) is 6.71. The van der Waals surface area contributed by atoms with Gasteiger partial charge >= 0.3 is 0 Å². The molecule has 0 atom stereocenters. The van der Waals surface area contributed by atoms with E-state index in [2.05, 4.69) is 62.7 Å². The van der Waals surface area contributed by atoms with E-state index in [0.29, 0.717) is 0 Å². The molecule has 0 aliphatic heterocycles. The third-order valence-electron chi connectivity index (χ3n) is 3.36. The second-order valence-electron chi connectivity index (χ2n) is 6.06. The van der Waals surface area contributed by atoms with Crippen LogP contribution in [0.25, 0.3) is 11.3 Å². The Morgan fingerprint density at radius 3 is 2.45 bits per heavy atom. The van der Waals surface area contributed by atoms with E-state index in [0.717, 1.165) is 25.2 Å². The van der Waals surface area contributed by atoms with E-state index < -0.39 is 0 Å². The van der Waals surface area contributed by atoms with Crippen molar-refractivity contribution in [3.8, 4) is 11.3 Å². The molecule has 1 aromatic heterocycles. The van der Waals surface area contributed by atoms with Gasteiger partial charge in [-0.1, -0.05) is 52.0 Å². The molecule has 0 aliphatic rings. The summed E-state index contributed by atoms with van der Waals surface area (Å²) >= 11 is 1.75. The fraction of sp³-hybridized carbons (Fsp3) is 0.471. The zero-order valence-electron chi connectivity index (χ0n) is 12.9. The maximum Gasteiger partial charge on any atom is 0.0945 e. The number of hydrogen-bond donors (Lipinski definition) is 1. The van der Waals surface area contributed by atoms with Crippen LogP contribution in [0.5, 0.6) is 0 Å². The first-order valence-corrected chi connectivity index (χ1v) is 8.14. The monoisotopic (exact) mass is 288 g/mol. The average Bonchev–Trinajstić information content (AvgIpc) is 2.87. The maximum absolute atomic E-state index is 4.72. The molecule has 1 aromatic carbocycles. The summed E-state index contributed by atoms with van der Waals surface area (Å²) in [4.78, 5) is 4.72. The zero-order chi connectivity index (χ0) is 14.6. The van der Waals surface area contributed by atoms with E-state index in [1.165, 1.54) is 16.1 Å². The molecule has 2 aromatic rings. The van der Waals surface area contributed by atoms with E-state index in [1.807, 2.05) is 0 Å². The first kappa shape index (κ1) is 15.2. The van der Waals surface area contributed by atoms with Crippen LogP contribution in [-0.4, -0.2) is 18.1 Å². The van der Waals surface area contributed by atoms with Crippen LogP contribution >= 0.6 is 11.3 Å². The minimum absolute atomic E-state index is 0.206. The average molecular weight is 288 g/mol. The van der Waals surface area contributed by atoms with Gasteiger partial charge in [-0.05, 0) is 17.5 Å². The normalized spacial score (nSPS) is 11.8. The summed E-state index contributed by atoms with van der Waals surface area (Å²) in [7, 11) is 0. The summed E-state index contributed by atoms with van der Waals surface area (Å²) in [5.74, 6) is 0. The van der Waals surface area contributed by atoms with E-state index in [-0.39, 0.29) is 5.41 Å². The number of nitrogens with zero attached hydrogens (tertiary/aromatic N) is 1. The van der Waals surface area contributed by atoms with Crippen LogP contribution in [0.4, 0.5) is 0 Å². The molecule has 1 heterocycles. The van der Waals surface area contributed by atoms with Gasteiger partial charge in [-0.15, -0.1) is 11.3 Å². The van der Waals surface area contributed by atoms with Gasteiger partial charge in [-0.25, -0.2) is 4.98 Å². The molecule has 0 saturated heterocycles. The Balaban J connectivity index is 2.08. The number of hydrogen-bond acceptors (Lipinski definition) is 3. The molecule has 2 nitrogen and oxygen atoms in total. The van der Waals surface area contributed by atoms with E-state index in [9.17, 15) is 0 Å². The molecule has 0 saturated carbocycles. The standard InChI is InChI=1S/C17H24N2S/c1-5-18-11-10-16-19-15(12-20-16)13-6-8-14(9-7-13)17(2,3)4/h6-9,12,18H,5,10-11H2,1-4H3. The first-order valence-electron chi connectivity index (χ1n) is 7.26. The van der Waals surface area contributed by atoms with E-state index in [1.54, 1.807) is 11.3 Å². The van der Waals surface area contributed by atoms with Crippen LogP contribution in [0.1, 0.15) is 38.3 Å². The van der Waals surface area contributed by atoms with Crippen molar-refractivity contribution in [3.05, 3.63) is 40.2 Å². The van der Waals surface area contributed by atoms with Crippen molar-refractivity contribution in [1.82, 2.24) is 10.3 Å².